The number of aromatic nitrogens is 2. The van der Waals surface area contributed by atoms with Gasteiger partial charge in [-0.1, -0.05) is 6.92 Å². The van der Waals surface area contributed by atoms with Crippen LogP contribution in [0.4, 0.5) is 0 Å². The van der Waals surface area contributed by atoms with Crippen LogP contribution in [-0.2, 0) is 13.0 Å². The molecule has 1 aliphatic heterocycles. The van der Waals surface area contributed by atoms with Gasteiger partial charge in [-0.2, -0.15) is 0 Å². The van der Waals surface area contributed by atoms with Crippen LogP contribution in [0.5, 0.6) is 0 Å². The van der Waals surface area contributed by atoms with Crippen LogP contribution < -0.4 is 5.73 Å². The molecular weight excluding hydrogens is 216 g/mol. The maximum Gasteiger partial charge on any atom is 0.230 e. The molecule has 1 unspecified atom stereocenters. The van der Waals surface area contributed by atoms with Crippen molar-refractivity contribution in [1.29, 1.82) is 0 Å². The van der Waals surface area contributed by atoms with Gasteiger partial charge in [0.1, 0.15) is 0 Å². The molecule has 0 amide bonds. The normalized spacial score (nSPS) is 21.9. The van der Waals surface area contributed by atoms with Gasteiger partial charge in [0.15, 0.2) is 0 Å². The molecule has 5 nitrogen and oxygen atoms in total. The van der Waals surface area contributed by atoms with E-state index >= 15 is 0 Å². The quantitative estimate of drug-likeness (QED) is 0.834. The van der Waals surface area contributed by atoms with E-state index in [0.29, 0.717) is 0 Å². The van der Waals surface area contributed by atoms with E-state index in [1.54, 1.807) is 0 Å². The van der Waals surface area contributed by atoms with Gasteiger partial charge in [-0.15, -0.1) is 10.2 Å². The number of nitrogens with two attached hydrogens (primary N) is 1. The molecule has 0 saturated carbocycles. The van der Waals surface area contributed by atoms with Crippen LogP contribution in [0.1, 0.15) is 38.0 Å². The highest BCUT2D eigenvalue weighted by Gasteiger charge is 2.20. The summed E-state index contributed by atoms with van der Waals surface area (Å²) in [5.41, 5.74) is 5.62. The number of piperidine rings is 1. The maximum atomic E-state index is 5.62. The second-order valence-electron chi connectivity index (χ2n) is 4.76. The maximum absolute atomic E-state index is 5.62. The Balaban J connectivity index is 1.85. The topological polar surface area (TPSA) is 68.2 Å². The van der Waals surface area contributed by atoms with Crippen molar-refractivity contribution in [3.8, 4) is 0 Å². The Bertz CT molecular complexity index is 337. The smallest absolute Gasteiger partial charge is 0.230 e. The molecule has 1 aliphatic rings. The van der Waals surface area contributed by atoms with E-state index < -0.39 is 0 Å². The molecule has 0 aromatic carbocycles. The van der Waals surface area contributed by atoms with Crippen molar-refractivity contribution in [2.24, 2.45) is 11.7 Å². The van der Waals surface area contributed by atoms with Gasteiger partial charge < -0.3 is 10.2 Å². The summed E-state index contributed by atoms with van der Waals surface area (Å²) in [6.07, 6.45) is 4.49. The number of hydrogen-bond acceptors (Lipinski definition) is 5. The third-order valence-corrected chi connectivity index (χ3v) is 3.35. The first-order chi connectivity index (χ1) is 8.31. The van der Waals surface area contributed by atoms with Crippen molar-refractivity contribution in [2.45, 2.75) is 39.2 Å². The summed E-state index contributed by atoms with van der Waals surface area (Å²) in [5.74, 6) is 2.22. The summed E-state index contributed by atoms with van der Waals surface area (Å²) in [4.78, 5) is 2.40. The van der Waals surface area contributed by atoms with E-state index in [1.807, 2.05) is 6.92 Å². The third kappa shape index (κ3) is 3.51. The van der Waals surface area contributed by atoms with E-state index in [1.165, 1.54) is 12.8 Å². The van der Waals surface area contributed by atoms with Crippen LogP contribution in [-0.4, -0.2) is 34.7 Å². The second-order valence-corrected chi connectivity index (χ2v) is 4.76. The van der Waals surface area contributed by atoms with Crippen LogP contribution in [0.2, 0.25) is 0 Å². The number of hydrogen-bond donors (Lipinski definition) is 1. The standard InChI is InChI=1S/C12H22N4O/c1-2-11-14-15-12(17-11)9-16-7-3-4-10(8-16)5-6-13/h10H,2-9,13H2,1H3. The first-order valence-corrected chi connectivity index (χ1v) is 6.55. The molecule has 17 heavy (non-hydrogen) atoms. The minimum atomic E-state index is 0.732. The van der Waals surface area contributed by atoms with E-state index in [2.05, 4.69) is 15.1 Å². The van der Waals surface area contributed by atoms with Gasteiger partial charge in [-0.05, 0) is 38.3 Å². The Morgan fingerprint density at radius 1 is 1.41 bits per heavy atom. The molecule has 1 aromatic heterocycles. The first kappa shape index (κ1) is 12.5. The van der Waals surface area contributed by atoms with Gasteiger partial charge in [-0.3, -0.25) is 4.90 Å². The lowest BCUT2D eigenvalue weighted by Crippen LogP contribution is -2.35. The molecule has 96 valence electrons. The summed E-state index contributed by atoms with van der Waals surface area (Å²) in [6.45, 7) is 5.84. The lowest BCUT2D eigenvalue weighted by molar-refractivity contribution is 0.150. The largest absolute Gasteiger partial charge is 0.424 e. The lowest BCUT2D eigenvalue weighted by Gasteiger charge is -2.31. The fourth-order valence-corrected chi connectivity index (χ4v) is 2.45. The number of likely N-dealkylation sites (tertiary alicyclic amines) is 1. The van der Waals surface area contributed by atoms with Crippen molar-refractivity contribution in [2.75, 3.05) is 19.6 Å². The van der Waals surface area contributed by atoms with Crippen molar-refractivity contribution < 1.29 is 4.42 Å². The highest BCUT2D eigenvalue weighted by molar-refractivity contribution is 4.83. The Hall–Kier alpha value is -0.940. The third-order valence-electron chi connectivity index (χ3n) is 3.35. The van der Waals surface area contributed by atoms with Crippen molar-refractivity contribution in [1.82, 2.24) is 15.1 Å². The molecule has 1 saturated heterocycles. The van der Waals surface area contributed by atoms with Gasteiger partial charge >= 0.3 is 0 Å². The summed E-state index contributed by atoms with van der Waals surface area (Å²) in [5, 5.41) is 8.06. The van der Waals surface area contributed by atoms with E-state index in [4.69, 9.17) is 10.2 Å². The molecule has 2 rings (SSSR count). The minimum absolute atomic E-state index is 0.732. The Kier molecular flexibility index (Phi) is 4.50. The van der Waals surface area contributed by atoms with Crippen LogP contribution in [0, 0.1) is 5.92 Å². The fraction of sp³-hybridized carbons (Fsp3) is 0.833. The Morgan fingerprint density at radius 3 is 2.94 bits per heavy atom. The molecule has 0 aliphatic carbocycles. The van der Waals surface area contributed by atoms with Crippen molar-refractivity contribution in [3.63, 3.8) is 0 Å². The van der Waals surface area contributed by atoms with E-state index in [9.17, 15) is 0 Å². The molecule has 1 atom stereocenters. The van der Waals surface area contributed by atoms with Gasteiger partial charge in [-0.25, -0.2) is 0 Å². The summed E-state index contributed by atoms with van der Waals surface area (Å²) in [7, 11) is 0. The highest BCUT2D eigenvalue weighted by atomic mass is 16.4. The molecule has 0 radical (unpaired) electrons. The molecular formula is C12H22N4O. The zero-order valence-electron chi connectivity index (χ0n) is 10.6. The van der Waals surface area contributed by atoms with Crippen LogP contribution in [0.3, 0.4) is 0 Å². The number of rotatable bonds is 5. The molecule has 0 bridgehead atoms. The average molecular weight is 238 g/mol. The molecule has 2 N–H and O–H groups in total. The van der Waals surface area contributed by atoms with Crippen LogP contribution in [0.25, 0.3) is 0 Å². The van der Waals surface area contributed by atoms with Crippen LogP contribution in [0.15, 0.2) is 4.42 Å². The number of aryl methyl sites for hydroxylation is 1. The molecule has 5 heteroatoms. The average Bonchev–Trinajstić information content (AvgIpc) is 2.78. The number of nitrogens with zero attached hydrogens (tertiary/aromatic N) is 3. The monoisotopic (exact) mass is 238 g/mol. The Morgan fingerprint density at radius 2 is 2.24 bits per heavy atom. The summed E-state index contributed by atoms with van der Waals surface area (Å²) >= 11 is 0. The summed E-state index contributed by atoms with van der Waals surface area (Å²) < 4.78 is 5.54. The first-order valence-electron chi connectivity index (χ1n) is 6.55. The van der Waals surface area contributed by atoms with Gasteiger partial charge in [0, 0.05) is 13.0 Å². The zero-order chi connectivity index (χ0) is 12.1. The molecule has 1 aromatic rings. The SMILES string of the molecule is CCc1nnc(CN2CCCC(CCN)C2)o1. The van der Waals surface area contributed by atoms with Crippen molar-refractivity contribution in [3.05, 3.63) is 11.8 Å². The fourth-order valence-electron chi connectivity index (χ4n) is 2.45. The minimum Gasteiger partial charge on any atom is -0.424 e. The van der Waals surface area contributed by atoms with E-state index in [-0.39, 0.29) is 0 Å². The van der Waals surface area contributed by atoms with Crippen LogP contribution >= 0.6 is 0 Å². The predicted octanol–water partition coefficient (Wildman–Crippen LogP) is 1.19. The lowest BCUT2D eigenvalue weighted by atomic mass is 9.95. The Labute approximate surface area is 102 Å². The predicted molar refractivity (Wildman–Crippen MR) is 65.3 cm³/mol. The summed E-state index contributed by atoms with van der Waals surface area (Å²) in [6, 6.07) is 0. The van der Waals surface area contributed by atoms with Gasteiger partial charge in [0.25, 0.3) is 0 Å². The molecule has 2 heterocycles. The second kappa shape index (κ2) is 6.12. The molecule has 1 fully saturated rings. The van der Waals surface area contributed by atoms with Gasteiger partial charge in [0.2, 0.25) is 11.8 Å². The molecule has 0 spiro atoms. The highest BCUT2D eigenvalue weighted by Crippen LogP contribution is 2.20. The zero-order valence-corrected chi connectivity index (χ0v) is 10.6. The van der Waals surface area contributed by atoms with Gasteiger partial charge in [0.05, 0.1) is 6.54 Å². The van der Waals surface area contributed by atoms with Crippen molar-refractivity contribution >= 4 is 0 Å². The van der Waals surface area contributed by atoms with E-state index in [0.717, 1.165) is 56.7 Å².